The van der Waals surface area contributed by atoms with Gasteiger partial charge in [-0.1, -0.05) is 39.0 Å². The maximum Gasteiger partial charge on any atom is 0.292 e. The first-order valence-corrected chi connectivity index (χ1v) is 9.37. The Morgan fingerprint density at radius 2 is 2.13 bits per heavy atom. The van der Waals surface area contributed by atoms with Crippen LogP contribution in [0.1, 0.15) is 64.7 Å². The van der Waals surface area contributed by atoms with Crippen LogP contribution in [0.5, 0.6) is 5.75 Å². The third-order valence-electron chi connectivity index (χ3n) is 4.62. The van der Waals surface area contributed by atoms with Gasteiger partial charge in [0.25, 0.3) is 5.56 Å². The highest BCUT2D eigenvalue weighted by Gasteiger charge is 2.13. The molecule has 1 aromatic rings. The van der Waals surface area contributed by atoms with Crippen LogP contribution in [0.2, 0.25) is 0 Å². The van der Waals surface area contributed by atoms with Gasteiger partial charge in [0, 0.05) is 18.8 Å². The standard InChI is InChI=1S/C19H32N2O2/c1-2-3-4-5-8-16-23-18-11-9-14-21(19(18)22)15-12-17-10-6-7-13-20-17/h9,11,14,17,20H,2-8,10,12-13,15-16H2,1H3. The van der Waals surface area contributed by atoms with E-state index in [1.165, 1.54) is 44.9 Å². The van der Waals surface area contributed by atoms with Crippen LogP contribution in [0, 0.1) is 0 Å². The first-order valence-electron chi connectivity index (χ1n) is 9.37. The van der Waals surface area contributed by atoms with Crippen LogP contribution in [0.4, 0.5) is 0 Å². The molecule has 1 unspecified atom stereocenters. The molecule has 2 rings (SSSR count). The van der Waals surface area contributed by atoms with Crippen molar-refractivity contribution >= 4 is 0 Å². The molecule has 1 saturated heterocycles. The van der Waals surface area contributed by atoms with Gasteiger partial charge in [0.2, 0.25) is 0 Å². The van der Waals surface area contributed by atoms with Gasteiger partial charge < -0.3 is 14.6 Å². The maximum atomic E-state index is 12.4. The number of hydrogen-bond donors (Lipinski definition) is 1. The van der Waals surface area contributed by atoms with E-state index in [0.717, 1.165) is 25.9 Å². The van der Waals surface area contributed by atoms with Crippen molar-refractivity contribution in [1.29, 1.82) is 0 Å². The predicted molar refractivity (Wildman–Crippen MR) is 95.2 cm³/mol. The number of nitrogens with one attached hydrogen (secondary N) is 1. The molecule has 1 N–H and O–H groups in total. The van der Waals surface area contributed by atoms with Gasteiger partial charge in [-0.25, -0.2) is 0 Å². The van der Waals surface area contributed by atoms with E-state index in [9.17, 15) is 4.79 Å². The molecule has 1 atom stereocenters. The van der Waals surface area contributed by atoms with Gasteiger partial charge in [0.05, 0.1) is 6.61 Å². The highest BCUT2D eigenvalue weighted by molar-refractivity contribution is 5.17. The fourth-order valence-electron chi connectivity index (χ4n) is 3.15. The summed E-state index contributed by atoms with van der Waals surface area (Å²) in [6, 6.07) is 4.27. The summed E-state index contributed by atoms with van der Waals surface area (Å²) < 4.78 is 7.49. The second-order valence-corrected chi connectivity index (χ2v) is 6.57. The van der Waals surface area contributed by atoms with Gasteiger partial charge in [0.1, 0.15) is 0 Å². The molecule has 1 aliphatic heterocycles. The molecule has 0 amide bonds. The zero-order valence-electron chi connectivity index (χ0n) is 14.6. The van der Waals surface area contributed by atoms with Crippen molar-refractivity contribution in [2.45, 2.75) is 77.3 Å². The molecular weight excluding hydrogens is 288 g/mol. The number of hydrogen-bond acceptors (Lipinski definition) is 3. The zero-order chi connectivity index (χ0) is 16.3. The van der Waals surface area contributed by atoms with Crippen molar-refractivity contribution in [3.05, 3.63) is 28.7 Å². The molecular formula is C19H32N2O2. The summed E-state index contributed by atoms with van der Waals surface area (Å²) in [5.74, 6) is 0.500. The monoisotopic (exact) mass is 320 g/mol. The number of aryl methyl sites for hydroxylation is 1. The Morgan fingerprint density at radius 1 is 1.26 bits per heavy atom. The summed E-state index contributed by atoms with van der Waals surface area (Å²) in [4.78, 5) is 12.4. The van der Waals surface area contributed by atoms with E-state index in [1.807, 2.05) is 12.3 Å². The second-order valence-electron chi connectivity index (χ2n) is 6.57. The van der Waals surface area contributed by atoms with Gasteiger partial charge in [0.15, 0.2) is 5.75 Å². The van der Waals surface area contributed by atoms with Crippen molar-refractivity contribution < 1.29 is 4.74 Å². The fourth-order valence-corrected chi connectivity index (χ4v) is 3.15. The number of nitrogens with zero attached hydrogens (tertiary/aromatic N) is 1. The Kier molecular flexibility index (Phi) is 8.23. The third kappa shape index (κ3) is 6.38. The molecule has 1 fully saturated rings. The van der Waals surface area contributed by atoms with Crippen LogP contribution in [-0.4, -0.2) is 23.8 Å². The molecule has 0 aliphatic carbocycles. The van der Waals surface area contributed by atoms with E-state index in [1.54, 1.807) is 10.6 Å². The Hall–Kier alpha value is -1.29. The number of unbranched alkanes of at least 4 members (excludes halogenated alkanes) is 4. The molecule has 0 aromatic carbocycles. The van der Waals surface area contributed by atoms with Gasteiger partial charge in [-0.2, -0.15) is 0 Å². The van der Waals surface area contributed by atoms with Gasteiger partial charge >= 0.3 is 0 Å². The van der Waals surface area contributed by atoms with Crippen LogP contribution in [0.3, 0.4) is 0 Å². The quantitative estimate of drug-likeness (QED) is 0.668. The van der Waals surface area contributed by atoms with E-state index in [4.69, 9.17) is 4.74 Å². The highest BCUT2D eigenvalue weighted by Crippen LogP contribution is 2.11. The zero-order valence-corrected chi connectivity index (χ0v) is 14.6. The van der Waals surface area contributed by atoms with Crippen LogP contribution < -0.4 is 15.6 Å². The lowest BCUT2D eigenvalue weighted by molar-refractivity contribution is 0.296. The van der Waals surface area contributed by atoms with Crippen LogP contribution in [0.15, 0.2) is 23.1 Å². The van der Waals surface area contributed by atoms with E-state index in [-0.39, 0.29) is 5.56 Å². The molecule has 0 saturated carbocycles. The lowest BCUT2D eigenvalue weighted by atomic mass is 10.0. The summed E-state index contributed by atoms with van der Waals surface area (Å²) in [7, 11) is 0. The first-order chi connectivity index (χ1) is 11.3. The largest absolute Gasteiger partial charge is 0.488 e. The minimum Gasteiger partial charge on any atom is -0.488 e. The van der Waals surface area contributed by atoms with Gasteiger partial charge in [-0.3, -0.25) is 4.79 Å². The summed E-state index contributed by atoms with van der Waals surface area (Å²) in [5.41, 5.74) is 0.0110. The van der Waals surface area contributed by atoms with E-state index in [2.05, 4.69) is 12.2 Å². The Labute approximate surface area is 140 Å². The second kappa shape index (κ2) is 10.5. The fraction of sp³-hybridized carbons (Fsp3) is 0.737. The average Bonchev–Trinajstić information content (AvgIpc) is 2.59. The molecule has 130 valence electrons. The molecule has 1 aliphatic rings. The van der Waals surface area contributed by atoms with Crippen LogP contribution in [-0.2, 0) is 6.54 Å². The highest BCUT2D eigenvalue weighted by atomic mass is 16.5. The molecule has 0 spiro atoms. The Balaban J connectivity index is 1.76. The van der Waals surface area contributed by atoms with Gasteiger partial charge in [-0.15, -0.1) is 0 Å². The molecule has 0 radical (unpaired) electrons. The summed E-state index contributed by atoms with van der Waals surface area (Å²) in [5, 5.41) is 3.54. The maximum absolute atomic E-state index is 12.4. The molecule has 0 bridgehead atoms. The third-order valence-corrected chi connectivity index (χ3v) is 4.62. The van der Waals surface area contributed by atoms with Crippen molar-refractivity contribution in [3.63, 3.8) is 0 Å². The summed E-state index contributed by atoms with van der Waals surface area (Å²) >= 11 is 0. The SMILES string of the molecule is CCCCCCCOc1cccn(CCC2CCCCN2)c1=O. The van der Waals surface area contributed by atoms with E-state index >= 15 is 0 Å². The first kappa shape index (κ1) is 18.1. The Bertz CT molecular complexity index is 492. The minimum absolute atomic E-state index is 0.0110. The number of aromatic nitrogens is 1. The lowest BCUT2D eigenvalue weighted by Crippen LogP contribution is -2.35. The predicted octanol–water partition coefficient (Wildman–Crippen LogP) is 3.73. The number of pyridine rings is 1. The molecule has 1 aromatic heterocycles. The molecule has 23 heavy (non-hydrogen) atoms. The number of ether oxygens (including phenoxy) is 1. The van der Waals surface area contributed by atoms with Crippen LogP contribution >= 0.6 is 0 Å². The minimum atomic E-state index is 0.0110. The number of rotatable bonds is 10. The van der Waals surface area contributed by atoms with Gasteiger partial charge in [-0.05, 0) is 44.4 Å². The summed E-state index contributed by atoms with van der Waals surface area (Å²) in [6.45, 7) is 4.74. The average molecular weight is 320 g/mol. The van der Waals surface area contributed by atoms with Crippen molar-refractivity contribution in [3.8, 4) is 5.75 Å². The molecule has 4 nitrogen and oxygen atoms in total. The van der Waals surface area contributed by atoms with Crippen molar-refractivity contribution in [2.24, 2.45) is 0 Å². The van der Waals surface area contributed by atoms with Crippen molar-refractivity contribution in [2.75, 3.05) is 13.2 Å². The van der Waals surface area contributed by atoms with E-state index in [0.29, 0.717) is 18.4 Å². The topological polar surface area (TPSA) is 43.3 Å². The van der Waals surface area contributed by atoms with Crippen LogP contribution in [0.25, 0.3) is 0 Å². The molecule has 2 heterocycles. The number of piperidine rings is 1. The van der Waals surface area contributed by atoms with E-state index < -0.39 is 0 Å². The molecule has 4 heteroatoms. The smallest absolute Gasteiger partial charge is 0.292 e. The Morgan fingerprint density at radius 3 is 2.91 bits per heavy atom. The normalized spacial score (nSPS) is 18.0. The summed E-state index contributed by atoms with van der Waals surface area (Å²) in [6.07, 6.45) is 12.7. The van der Waals surface area contributed by atoms with Crippen molar-refractivity contribution in [1.82, 2.24) is 9.88 Å². The lowest BCUT2D eigenvalue weighted by Gasteiger charge is -2.23.